The minimum atomic E-state index is -0.977. The first kappa shape index (κ1) is 14.3. The first-order valence-electron chi connectivity index (χ1n) is 6.05. The molecule has 0 bridgehead atoms. The van der Waals surface area contributed by atoms with Crippen LogP contribution in [-0.4, -0.2) is 26.2 Å². The molecule has 1 unspecified atom stereocenters. The number of hydrogen-bond acceptors (Lipinski definition) is 3. The van der Waals surface area contributed by atoms with Crippen molar-refractivity contribution >= 4 is 35.3 Å². The van der Waals surface area contributed by atoms with Crippen LogP contribution in [0.2, 0.25) is 0 Å². The van der Waals surface area contributed by atoms with E-state index in [9.17, 15) is 4.79 Å². The van der Waals surface area contributed by atoms with Gasteiger partial charge >= 0.3 is 0 Å². The van der Waals surface area contributed by atoms with Crippen molar-refractivity contribution in [1.29, 1.82) is 0 Å². The molecular weight excluding hydrogens is 287 g/mol. The molecule has 1 N–H and O–H groups in total. The van der Waals surface area contributed by atoms with Gasteiger partial charge in [-0.25, -0.2) is 5.43 Å². The summed E-state index contributed by atoms with van der Waals surface area (Å²) in [6, 6.07) is 0. The van der Waals surface area contributed by atoms with Crippen molar-refractivity contribution in [3.05, 3.63) is 17.5 Å². The van der Waals surface area contributed by atoms with Gasteiger partial charge in [-0.2, -0.15) is 10.2 Å². The fourth-order valence-corrected chi connectivity index (χ4v) is 2.46. The molecule has 0 spiro atoms. The van der Waals surface area contributed by atoms with Crippen LogP contribution in [0.15, 0.2) is 11.3 Å². The third-order valence-electron chi connectivity index (χ3n) is 3.44. The summed E-state index contributed by atoms with van der Waals surface area (Å²) in [5.41, 5.74) is 3.44. The van der Waals surface area contributed by atoms with Gasteiger partial charge in [-0.1, -0.05) is 0 Å². The summed E-state index contributed by atoms with van der Waals surface area (Å²) in [5, 5.41) is 8.21. The largest absolute Gasteiger partial charge is 0.272 e. The smallest absolute Gasteiger partial charge is 0.249 e. The van der Waals surface area contributed by atoms with Gasteiger partial charge in [0.1, 0.15) is 4.33 Å². The van der Waals surface area contributed by atoms with E-state index in [1.807, 2.05) is 24.7 Å². The molecule has 0 aromatic carbocycles. The number of hydrogen-bond donors (Lipinski definition) is 1. The molecule has 1 heterocycles. The highest BCUT2D eigenvalue weighted by Crippen LogP contribution is 2.63. The third-order valence-corrected chi connectivity index (χ3v) is 4.54. The van der Waals surface area contributed by atoms with E-state index >= 15 is 0 Å². The molecule has 1 amide bonds. The lowest BCUT2D eigenvalue weighted by atomic mass is 10.1. The van der Waals surface area contributed by atoms with Gasteiger partial charge in [-0.3, -0.25) is 9.48 Å². The zero-order chi connectivity index (χ0) is 14.3. The van der Waals surface area contributed by atoms with Crippen molar-refractivity contribution in [3.8, 4) is 0 Å². The highest BCUT2D eigenvalue weighted by Gasteiger charge is 2.68. The van der Waals surface area contributed by atoms with Gasteiger partial charge in [0.15, 0.2) is 0 Å². The molecule has 2 rings (SSSR count). The monoisotopic (exact) mass is 302 g/mol. The molecule has 1 fully saturated rings. The van der Waals surface area contributed by atoms with Crippen molar-refractivity contribution in [1.82, 2.24) is 15.2 Å². The van der Waals surface area contributed by atoms with Crippen molar-refractivity contribution in [2.45, 2.75) is 38.1 Å². The minimum absolute atomic E-state index is 0.269. The average molecular weight is 303 g/mol. The number of aryl methyl sites for hydroxylation is 2. The maximum Gasteiger partial charge on any atom is 0.249 e. The Labute approximate surface area is 122 Å². The molecule has 0 saturated heterocycles. The number of nitrogens with zero attached hydrogens (tertiary/aromatic N) is 3. The normalized spacial score (nSPS) is 24.7. The van der Waals surface area contributed by atoms with Crippen LogP contribution in [0.25, 0.3) is 0 Å². The average Bonchev–Trinajstić information content (AvgIpc) is 2.68. The van der Waals surface area contributed by atoms with E-state index in [2.05, 4.69) is 15.6 Å². The first-order chi connectivity index (χ1) is 8.80. The number of amides is 1. The van der Waals surface area contributed by atoms with Crippen LogP contribution in [0.3, 0.4) is 0 Å². The second-order valence-electron chi connectivity index (χ2n) is 4.94. The Morgan fingerprint density at radius 3 is 2.79 bits per heavy atom. The lowest BCUT2D eigenvalue weighted by Crippen LogP contribution is -2.29. The molecule has 5 nitrogen and oxygen atoms in total. The third kappa shape index (κ3) is 2.62. The molecule has 0 radical (unpaired) electrons. The highest BCUT2D eigenvalue weighted by atomic mass is 35.5. The van der Waals surface area contributed by atoms with E-state index < -0.39 is 9.75 Å². The molecule has 104 valence electrons. The second kappa shape index (κ2) is 4.80. The molecular formula is C12H16Cl2N4O. The Kier molecular flexibility index (Phi) is 3.62. The van der Waals surface area contributed by atoms with E-state index in [-0.39, 0.29) is 5.91 Å². The van der Waals surface area contributed by atoms with Gasteiger partial charge in [0.25, 0.3) is 0 Å². The van der Waals surface area contributed by atoms with Gasteiger partial charge in [-0.15, -0.1) is 23.2 Å². The molecule has 7 heteroatoms. The molecule has 1 atom stereocenters. The van der Waals surface area contributed by atoms with Gasteiger partial charge in [-0.05, 0) is 27.2 Å². The highest BCUT2D eigenvalue weighted by molar-refractivity contribution is 6.53. The topological polar surface area (TPSA) is 59.3 Å². The van der Waals surface area contributed by atoms with Gasteiger partial charge in [0.05, 0.1) is 17.3 Å². The van der Waals surface area contributed by atoms with Crippen LogP contribution in [-0.2, 0) is 11.3 Å². The SMILES string of the molecule is CCn1cc(C=NNC(=O)C2(C)CC2(Cl)Cl)c(C)n1. The number of carbonyl (C=O) groups excluding carboxylic acids is 1. The van der Waals surface area contributed by atoms with Gasteiger partial charge in [0, 0.05) is 18.3 Å². The van der Waals surface area contributed by atoms with E-state index in [1.54, 1.807) is 13.1 Å². The summed E-state index contributed by atoms with van der Waals surface area (Å²) in [4.78, 5) is 11.9. The summed E-state index contributed by atoms with van der Waals surface area (Å²) < 4.78 is 0.832. The number of alkyl halides is 2. The quantitative estimate of drug-likeness (QED) is 0.527. The first-order valence-corrected chi connectivity index (χ1v) is 6.81. The summed E-state index contributed by atoms with van der Waals surface area (Å²) in [5.74, 6) is -0.269. The van der Waals surface area contributed by atoms with E-state index in [4.69, 9.17) is 23.2 Å². The number of carbonyl (C=O) groups is 1. The molecule has 1 saturated carbocycles. The van der Waals surface area contributed by atoms with Crippen molar-refractivity contribution in [3.63, 3.8) is 0 Å². The van der Waals surface area contributed by atoms with Crippen molar-refractivity contribution in [2.24, 2.45) is 10.5 Å². The molecule has 1 aromatic rings. The second-order valence-corrected chi connectivity index (χ2v) is 6.42. The summed E-state index contributed by atoms with van der Waals surface area (Å²) in [6.07, 6.45) is 3.89. The minimum Gasteiger partial charge on any atom is -0.272 e. The Hall–Kier alpha value is -1.07. The number of hydrazone groups is 1. The predicted octanol–water partition coefficient (Wildman–Crippen LogP) is 2.25. The Bertz CT molecular complexity index is 538. The number of rotatable bonds is 4. The fourth-order valence-electron chi connectivity index (χ4n) is 1.75. The fraction of sp³-hybridized carbons (Fsp3) is 0.583. The molecule has 1 aliphatic rings. The van der Waals surface area contributed by atoms with Crippen molar-refractivity contribution < 1.29 is 4.79 Å². The zero-order valence-corrected chi connectivity index (χ0v) is 12.6. The lowest BCUT2D eigenvalue weighted by Gasteiger charge is -2.08. The van der Waals surface area contributed by atoms with Crippen LogP contribution in [0, 0.1) is 12.3 Å². The molecule has 19 heavy (non-hydrogen) atoms. The van der Waals surface area contributed by atoms with Crippen LogP contribution in [0.1, 0.15) is 31.5 Å². The molecule has 1 aliphatic carbocycles. The zero-order valence-electron chi connectivity index (χ0n) is 11.1. The van der Waals surface area contributed by atoms with E-state index in [0.29, 0.717) is 6.42 Å². The number of nitrogens with one attached hydrogen (secondary N) is 1. The Balaban J connectivity index is 1.97. The maximum absolute atomic E-state index is 11.9. The van der Waals surface area contributed by atoms with Crippen LogP contribution in [0.5, 0.6) is 0 Å². The van der Waals surface area contributed by atoms with Crippen LogP contribution in [0.4, 0.5) is 0 Å². The maximum atomic E-state index is 11.9. The molecule has 0 aliphatic heterocycles. The van der Waals surface area contributed by atoms with Crippen LogP contribution < -0.4 is 5.43 Å². The van der Waals surface area contributed by atoms with Crippen molar-refractivity contribution in [2.75, 3.05) is 0 Å². The number of aromatic nitrogens is 2. The summed E-state index contributed by atoms with van der Waals surface area (Å²) in [6.45, 7) is 6.40. The Morgan fingerprint density at radius 1 is 1.68 bits per heavy atom. The lowest BCUT2D eigenvalue weighted by molar-refractivity contribution is -0.125. The van der Waals surface area contributed by atoms with E-state index in [1.165, 1.54) is 0 Å². The van der Waals surface area contributed by atoms with Gasteiger partial charge in [0.2, 0.25) is 5.91 Å². The van der Waals surface area contributed by atoms with Gasteiger partial charge < -0.3 is 0 Å². The summed E-state index contributed by atoms with van der Waals surface area (Å²) >= 11 is 11.9. The standard InChI is InChI=1S/C12H16Cl2N4O/c1-4-18-6-9(8(2)17-18)5-15-16-10(19)11(3)7-12(11,13)14/h5-6H,4,7H2,1-3H3,(H,16,19). The van der Waals surface area contributed by atoms with E-state index in [0.717, 1.165) is 17.8 Å². The Morgan fingerprint density at radius 2 is 2.32 bits per heavy atom. The molecule has 1 aromatic heterocycles. The number of halogens is 2. The summed E-state index contributed by atoms with van der Waals surface area (Å²) in [7, 11) is 0. The van der Waals surface area contributed by atoms with Crippen LogP contribution >= 0.6 is 23.2 Å². The predicted molar refractivity (Wildman–Crippen MR) is 75.5 cm³/mol.